The minimum absolute atomic E-state index is 0.105. The monoisotopic (exact) mass is 176 g/mol. The number of quaternary nitrogens is 1. The molecule has 0 aromatic heterocycles. The van der Waals surface area contributed by atoms with Crippen LogP contribution in [0.3, 0.4) is 0 Å². The van der Waals surface area contributed by atoms with Crippen molar-refractivity contribution in [1.29, 1.82) is 0 Å². The molecule has 0 unspecified atom stereocenters. The van der Waals surface area contributed by atoms with Gasteiger partial charge >= 0.3 is 14.7 Å². The number of primary amides is 1. The van der Waals surface area contributed by atoms with Crippen molar-refractivity contribution in [2.45, 2.75) is 32.6 Å². The maximum atomic E-state index is 11.2. The average molecular weight is 176 g/mol. The lowest BCUT2D eigenvalue weighted by Gasteiger charge is -1.95. The van der Waals surface area contributed by atoms with E-state index in [4.69, 9.17) is 7.93 Å². The molecule has 0 fully saturated rings. The van der Waals surface area contributed by atoms with Crippen LogP contribution in [0.4, 0.5) is 0 Å². The Hall–Kier alpha value is -0.900. The van der Waals surface area contributed by atoms with Gasteiger partial charge in [-0.2, -0.15) is 0 Å². The topological polar surface area (TPSA) is 71.0 Å². The number of carbonyl (C=O) groups is 2. The zero-order chi connectivity index (χ0) is 11.2. The van der Waals surface area contributed by atoms with Gasteiger partial charge in [0, 0.05) is 0 Å². The van der Waals surface area contributed by atoms with Gasteiger partial charge in [-0.15, -0.1) is 0 Å². The van der Waals surface area contributed by atoms with Crippen molar-refractivity contribution >= 4 is 11.9 Å². The highest BCUT2D eigenvalue weighted by Crippen LogP contribution is 1.96. The number of nitrogens with two attached hydrogens (primary N) is 1. The van der Waals surface area contributed by atoms with Crippen LogP contribution in [0.5, 0.6) is 0 Å². The molecule has 4 nitrogen and oxygen atoms in total. The lowest BCUT2D eigenvalue weighted by Crippen LogP contribution is -2.89. The predicted molar refractivity (Wildman–Crippen MR) is 43.6 cm³/mol. The Morgan fingerprint density at radius 2 is 2.17 bits per heavy atom. The van der Waals surface area contributed by atoms with Gasteiger partial charge in [0.05, 0.1) is 6.42 Å². The van der Waals surface area contributed by atoms with Gasteiger partial charge in [0.2, 0.25) is 0 Å². The number of carbonyl (C=O) groups excluding carboxylic acids is 1. The average Bonchev–Trinajstić information content (AvgIpc) is 2.02. The highest BCUT2D eigenvalue weighted by molar-refractivity contribution is 5.71. The van der Waals surface area contributed by atoms with Crippen LogP contribution in [-0.4, -0.2) is 23.5 Å². The Bertz CT molecular complexity index is 219. The first-order valence-corrected chi connectivity index (χ1v) is 4.09. The third-order valence-electron chi connectivity index (χ3n) is 1.38. The second-order valence-corrected chi connectivity index (χ2v) is 2.56. The highest BCUT2D eigenvalue weighted by Gasteiger charge is 2.07. The number of hydrogen-bond donors (Lipinski definition) is 2. The van der Waals surface area contributed by atoms with E-state index in [2.05, 4.69) is 0 Å². The Kier molecular flexibility index (Phi) is 4.37. The summed E-state index contributed by atoms with van der Waals surface area (Å²) in [5, 5.41) is 6.81. The largest absolute Gasteiger partial charge is 0.477 e. The lowest BCUT2D eigenvalue weighted by atomic mass is 10.2. The van der Waals surface area contributed by atoms with Crippen LogP contribution in [0.15, 0.2) is 0 Å². The summed E-state index contributed by atoms with van der Waals surface area (Å²) >= 11 is 0. The molecule has 0 aromatic carbocycles. The summed E-state index contributed by atoms with van der Waals surface area (Å²) in [6.45, 7) is 1.18. The molecule has 70 valence electrons. The quantitative estimate of drug-likeness (QED) is 0.548. The lowest BCUT2D eigenvalue weighted by molar-refractivity contribution is -0.559. The standard InChI is InChI=1S/C8H15NO3/c1-2-3-4-5-7(10)9-6-8(11)12/h2-6H2,1H3,(H,9,10)(H,11,12)/p+1/i/hD2. The van der Waals surface area contributed by atoms with Crippen molar-refractivity contribution in [3.8, 4) is 0 Å². The highest BCUT2D eigenvalue weighted by atomic mass is 16.4. The van der Waals surface area contributed by atoms with Gasteiger partial charge in [0.25, 0.3) is 0 Å². The summed E-state index contributed by atoms with van der Waals surface area (Å²) in [6.07, 6.45) is 2.53. The Balaban J connectivity index is 4.01. The van der Waals surface area contributed by atoms with Crippen LogP contribution in [0, 0.1) is 0 Å². The van der Waals surface area contributed by atoms with Crippen LogP contribution in [0.2, 0.25) is 2.82 Å². The summed E-state index contributed by atoms with van der Waals surface area (Å²) in [7, 11) is 0. The Morgan fingerprint density at radius 1 is 1.50 bits per heavy atom. The van der Waals surface area contributed by atoms with Crippen molar-refractivity contribution in [2.24, 2.45) is 0 Å². The van der Waals surface area contributed by atoms with Crippen molar-refractivity contribution in [1.82, 2.24) is 0 Å². The molecular formula is C8H16NO3+. The first kappa shape index (κ1) is 7.73. The van der Waals surface area contributed by atoms with E-state index in [0.29, 0.717) is 6.42 Å². The molecule has 0 spiro atoms. The zero-order valence-electron chi connectivity index (χ0n) is 9.25. The van der Waals surface area contributed by atoms with E-state index in [1.807, 2.05) is 6.92 Å². The van der Waals surface area contributed by atoms with Gasteiger partial charge < -0.3 is 5.11 Å². The van der Waals surface area contributed by atoms with E-state index in [1.165, 1.54) is 0 Å². The zero-order valence-corrected chi connectivity index (χ0v) is 7.25. The van der Waals surface area contributed by atoms with Gasteiger partial charge in [-0.1, -0.05) is 19.8 Å². The molecule has 0 heterocycles. The number of aliphatic carboxylic acids is 1. The molecule has 0 rings (SSSR count). The molecule has 1 amide bonds. The molecule has 0 saturated carbocycles. The second kappa shape index (κ2) is 6.79. The van der Waals surface area contributed by atoms with E-state index in [0.717, 1.165) is 12.8 Å². The van der Waals surface area contributed by atoms with Crippen LogP contribution >= 0.6 is 0 Å². The maximum absolute atomic E-state index is 11.2. The molecule has 0 aliphatic carbocycles. The first-order chi connectivity index (χ1) is 6.40. The normalized spacial score (nSPS) is 13.4. The van der Waals surface area contributed by atoms with Crippen LogP contribution in [-0.2, 0) is 9.59 Å². The van der Waals surface area contributed by atoms with Crippen LogP contribution in [0.25, 0.3) is 0 Å². The molecule has 0 radical (unpaired) electrons. The molecule has 0 aromatic rings. The summed E-state index contributed by atoms with van der Waals surface area (Å²) in [4.78, 5) is 21.5. The van der Waals surface area contributed by atoms with Gasteiger partial charge in [-0.25, -0.2) is 9.59 Å². The fraction of sp³-hybridized carbons (Fsp3) is 0.750. The molecule has 12 heavy (non-hydrogen) atoms. The van der Waals surface area contributed by atoms with Crippen LogP contribution in [0.1, 0.15) is 32.6 Å². The van der Waals surface area contributed by atoms with E-state index < -0.39 is 23.7 Å². The van der Waals surface area contributed by atoms with E-state index in [1.54, 1.807) is 0 Å². The molecule has 0 atom stereocenters. The smallest absolute Gasteiger partial charge is 0.359 e. The van der Waals surface area contributed by atoms with E-state index >= 15 is 0 Å². The molecule has 0 saturated heterocycles. The Morgan fingerprint density at radius 3 is 2.67 bits per heavy atom. The molecule has 0 aliphatic heterocycles. The SMILES string of the molecule is [2H][N+]([2H])(CC(=O)O)C(=O)CCCCC. The number of amides is 1. The van der Waals surface area contributed by atoms with Gasteiger partial charge in [0.1, 0.15) is 0 Å². The summed E-state index contributed by atoms with van der Waals surface area (Å²) in [5.41, 5.74) is 0. The third-order valence-corrected chi connectivity index (χ3v) is 1.38. The maximum Gasteiger partial charge on any atom is 0.359 e. The first-order valence-electron chi connectivity index (χ1n) is 4.98. The predicted octanol–water partition coefficient (Wildman–Crippen LogP) is -0.259. The van der Waals surface area contributed by atoms with Gasteiger partial charge in [-0.3, -0.25) is 5.30 Å². The summed E-state index contributed by atoms with van der Waals surface area (Å²) in [6, 6.07) is 0. The molecule has 3 N–H and O–H groups in total. The molecular weight excluding hydrogens is 158 g/mol. The minimum Gasteiger partial charge on any atom is -0.477 e. The molecule has 4 heteroatoms. The van der Waals surface area contributed by atoms with Gasteiger partial charge in [0.15, 0.2) is 6.54 Å². The number of carboxylic acids is 1. The second-order valence-electron chi connectivity index (χ2n) is 2.56. The van der Waals surface area contributed by atoms with Crippen molar-refractivity contribution in [3.63, 3.8) is 0 Å². The number of rotatable bonds is 6. The minimum atomic E-state index is -1.56. The third kappa shape index (κ3) is 7.21. The van der Waals surface area contributed by atoms with Crippen molar-refractivity contribution < 1.29 is 22.8 Å². The summed E-state index contributed by atoms with van der Waals surface area (Å²) < 4.78 is 14.3. The van der Waals surface area contributed by atoms with Gasteiger partial charge in [-0.05, 0) is 6.42 Å². The Labute approximate surface area is 74.9 Å². The number of hydrogen-bond acceptors (Lipinski definition) is 2. The summed E-state index contributed by atoms with van der Waals surface area (Å²) in [5.74, 6) is -1.97. The number of carboxylic acid groups (broad SMARTS) is 1. The van der Waals surface area contributed by atoms with E-state index in [9.17, 15) is 9.59 Å². The molecule has 0 aliphatic rings. The fourth-order valence-electron chi connectivity index (χ4n) is 0.761. The fourth-order valence-corrected chi connectivity index (χ4v) is 0.761. The van der Waals surface area contributed by atoms with E-state index in [-0.39, 0.29) is 6.42 Å². The van der Waals surface area contributed by atoms with Crippen molar-refractivity contribution in [3.05, 3.63) is 0 Å². The number of unbranched alkanes of at least 4 members (excludes halogenated alkanes) is 2. The molecule has 0 bridgehead atoms. The van der Waals surface area contributed by atoms with Crippen molar-refractivity contribution in [2.75, 3.05) is 6.54 Å². The van der Waals surface area contributed by atoms with Crippen LogP contribution < -0.4 is 5.30 Å².